The summed E-state index contributed by atoms with van der Waals surface area (Å²) in [6, 6.07) is 11.1. The molecule has 0 spiro atoms. The number of allylic oxidation sites excluding steroid dienone is 2. The van der Waals surface area contributed by atoms with Crippen LogP contribution in [0.1, 0.15) is 67.6 Å². The summed E-state index contributed by atoms with van der Waals surface area (Å²) in [4.78, 5) is 8.80. The number of rotatable bonds is 8. The van der Waals surface area contributed by atoms with Gasteiger partial charge in [0.2, 0.25) is 0 Å². The maximum atomic E-state index is 5.17. The number of anilines is 1. The Hall–Kier alpha value is -2.33. The molecule has 1 atom stereocenters. The summed E-state index contributed by atoms with van der Waals surface area (Å²) in [6.45, 7) is 8.37. The third kappa shape index (κ3) is 4.18. The van der Waals surface area contributed by atoms with Crippen LogP contribution in [-0.4, -0.2) is 17.7 Å². The molecule has 1 saturated carbocycles. The van der Waals surface area contributed by atoms with E-state index in [0.29, 0.717) is 0 Å². The molecule has 2 aliphatic rings. The highest BCUT2D eigenvalue weighted by Gasteiger charge is 2.31. The molecule has 1 unspecified atom stereocenters. The molecule has 0 bridgehead atoms. The fourth-order valence-electron chi connectivity index (χ4n) is 3.96. The lowest BCUT2D eigenvalue weighted by Gasteiger charge is -2.36. The van der Waals surface area contributed by atoms with Crippen LogP contribution in [0.15, 0.2) is 64.8 Å². The fraction of sp³-hybridized carbons (Fsp3) is 0.400. The molecule has 2 heterocycles. The second-order valence-electron chi connectivity index (χ2n) is 7.97. The van der Waals surface area contributed by atoms with Crippen molar-refractivity contribution >= 4 is 22.7 Å². The molecule has 0 amide bonds. The highest BCUT2D eigenvalue weighted by Crippen LogP contribution is 2.44. The Balaban J connectivity index is 1.68. The summed E-state index contributed by atoms with van der Waals surface area (Å²) in [5, 5.41) is 6.04. The first kappa shape index (κ1) is 20.0. The molecule has 1 aliphatic heterocycles. The standard InChI is InChI=1S/C25H31N3S/c1-5-8-21-22(7-3)27-25(23-15-19(16-29-23)18-11-12-18)28(4)24(21)26-20-13-9-17(6-2)10-14-20/h5,9-10,13-16,18,25-26H,1,6-8,11-12H2,2-4H3. The van der Waals surface area contributed by atoms with Crippen LogP contribution in [0.3, 0.4) is 0 Å². The first-order chi connectivity index (χ1) is 14.1. The molecule has 0 radical (unpaired) electrons. The van der Waals surface area contributed by atoms with Gasteiger partial charge in [-0.05, 0) is 72.7 Å². The Morgan fingerprint density at radius 1 is 1.21 bits per heavy atom. The summed E-state index contributed by atoms with van der Waals surface area (Å²) >= 11 is 1.85. The van der Waals surface area contributed by atoms with E-state index in [2.05, 4.69) is 73.4 Å². The van der Waals surface area contributed by atoms with Crippen molar-refractivity contribution in [2.24, 2.45) is 4.99 Å². The van der Waals surface area contributed by atoms with Crippen LogP contribution in [0, 0.1) is 0 Å². The highest BCUT2D eigenvalue weighted by atomic mass is 32.1. The minimum absolute atomic E-state index is 0.0356. The minimum atomic E-state index is 0.0356. The van der Waals surface area contributed by atoms with Crippen LogP contribution in [0.5, 0.6) is 0 Å². The molecular formula is C25H31N3S. The molecule has 29 heavy (non-hydrogen) atoms. The molecular weight excluding hydrogens is 374 g/mol. The highest BCUT2D eigenvalue weighted by molar-refractivity contribution is 7.10. The van der Waals surface area contributed by atoms with Crippen molar-refractivity contribution in [1.29, 1.82) is 0 Å². The number of hydrogen-bond donors (Lipinski definition) is 1. The van der Waals surface area contributed by atoms with Crippen LogP contribution in [0.4, 0.5) is 5.69 Å². The zero-order chi connectivity index (χ0) is 20.4. The van der Waals surface area contributed by atoms with Crippen LogP contribution >= 0.6 is 11.3 Å². The fourth-order valence-corrected chi connectivity index (χ4v) is 5.03. The SMILES string of the molecule is C=CCC1=C(Nc2ccc(CC)cc2)N(C)C(c2cc(C3CC3)cs2)N=C1CC. The third-order valence-electron chi connectivity index (χ3n) is 5.88. The van der Waals surface area contributed by atoms with Gasteiger partial charge in [-0.25, -0.2) is 0 Å². The summed E-state index contributed by atoms with van der Waals surface area (Å²) in [5.41, 5.74) is 6.40. The molecule has 1 fully saturated rings. The lowest BCUT2D eigenvalue weighted by atomic mass is 10.0. The Morgan fingerprint density at radius 3 is 2.59 bits per heavy atom. The number of nitrogens with zero attached hydrogens (tertiary/aromatic N) is 2. The van der Waals surface area contributed by atoms with Crippen LogP contribution in [0.2, 0.25) is 0 Å². The summed E-state index contributed by atoms with van der Waals surface area (Å²) < 4.78 is 0. The van der Waals surface area contributed by atoms with Crippen molar-refractivity contribution in [2.45, 2.75) is 58.0 Å². The van der Waals surface area contributed by atoms with Gasteiger partial charge < -0.3 is 10.2 Å². The van der Waals surface area contributed by atoms with E-state index in [0.717, 1.165) is 36.7 Å². The Kier molecular flexibility index (Phi) is 5.91. The van der Waals surface area contributed by atoms with E-state index < -0.39 is 0 Å². The monoisotopic (exact) mass is 405 g/mol. The molecule has 1 aliphatic carbocycles. The van der Waals surface area contributed by atoms with Gasteiger partial charge in [-0.15, -0.1) is 17.9 Å². The number of thiophene rings is 1. The first-order valence-corrected chi connectivity index (χ1v) is 11.6. The lowest BCUT2D eigenvalue weighted by molar-refractivity contribution is 0.317. The van der Waals surface area contributed by atoms with Gasteiger partial charge in [0.25, 0.3) is 0 Å². The third-order valence-corrected chi connectivity index (χ3v) is 6.87. The molecule has 152 valence electrons. The Morgan fingerprint density at radius 2 is 1.97 bits per heavy atom. The quantitative estimate of drug-likeness (QED) is 0.485. The molecule has 1 aromatic carbocycles. The van der Waals surface area contributed by atoms with E-state index in [1.807, 2.05) is 17.4 Å². The minimum Gasteiger partial charge on any atom is -0.342 e. The molecule has 1 N–H and O–H groups in total. The van der Waals surface area contributed by atoms with Gasteiger partial charge in [0.15, 0.2) is 6.17 Å². The molecule has 0 saturated heterocycles. The normalized spacial score (nSPS) is 19.3. The zero-order valence-electron chi connectivity index (χ0n) is 17.7. The van der Waals surface area contributed by atoms with Gasteiger partial charge in [0, 0.05) is 28.9 Å². The number of nitrogens with one attached hydrogen (secondary N) is 1. The van der Waals surface area contributed by atoms with Crippen LogP contribution < -0.4 is 5.32 Å². The van der Waals surface area contributed by atoms with Gasteiger partial charge in [-0.3, -0.25) is 4.99 Å². The van der Waals surface area contributed by atoms with E-state index in [4.69, 9.17) is 4.99 Å². The second kappa shape index (κ2) is 8.58. The van der Waals surface area contributed by atoms with Gasteiger partial charge in [0.05, 0.1) is 0 Å². The van der Waals surface area contributed by atoms with Crippen molar-refractivity contribution in [3.63, 3.8) is 0 Å². The van der Waals surface area contributed by atoms with E-state index in [1.165, 1.54) is 40.1 Å². The number of aryl methyl sites for hydroxylation is 1. The summed E-state index contributed by atoms with van der Waals surface area (Å²) in [7, 11) is 2.16. The predicted octanol–water partition coefficient (Wildman–Crippen LogP) is 6.88. The molecule has 4 heteroatoms. The zero-order valence-corrected chi connectivity index (χ0v) is 18.6. The molecule has 1 aromatic heterocycles. The van der Waals surface area contributed by atoms with E-state index >= 15 is 0 Å². The van der Waals surface area contributed by atoms with Crippen molar-refractivity contribution in [3.8, 4) is 0 Å². The van der Waals surface area contributed by atoms with Crippen molar-refractivity contribution in [2.75, 3.05) is 12.4 Å². The number of hydrogen-bond acceptors (Lipinski definition) is 4. The Bertz CT molecular complexity index is 931. The van der Waals surface area contributed by atoms with Crippen molar-refractivity contribution in [1.82, 2.24) is 4.90 Å². The summed E-state index contributed by atoms with van der Waals surface area (Å²) in [5.74, 6) is 1.93. The predicted molar refractivity (Wildman–Crippen MR) is 126 cm³/mol. The first-order valence-electron chi connectivity index (χ1n) is 10.7. The summed E-state index contributed by atoms with van der Waals surface area (Å²) in [6.07, 6.45) is 7.49. The smallest absolute Gasteiger partial charge is 0.157 e. The van der Waals surface area contributed by atoms with Crippen molar-refractivity contribution < 1.29 is 0 Å². The molecule has 4 rings (SSSR count). The van der Waals surface area contributed by atoms with Gasteiger partial charge in [0.1, 0.15) is 5.82 Å². The maximum Gasteiger partial charge on any atom is 0.157 e. The van der Waals surface area contributed by atoms with E-state index in [1.54, 1.807) is 0 Å². The average molecular weight is 406 g/mol. The average Bonchev–Trinajstić information content (AvgIpc) is 3.48. The van der Waals surface area contributed by atoms with Gasteiger partial charge >= 0.3 is 0 Å². The lowest BCUT2D eigenvalue weighted by Crippen LogP contribution is -2.33. The van der Waals surface area contributed by atoms with E-state index in [-0.39, 0.29) is 6.17 Å². The molecule has 2 aromatic rings. The van der Waals surface area contributed by atoms with Gasteiger partial charge in [-0.2, -0.15) is 0 Å². The van der Waals surface area contributed by atoms with E-state index in [9.17, 15) is 0 Å². The topological polar surface area (TPSA) is 27.6 Å². The maximum absolute atomic E-state index is 5.17. The van der Waals surface area contributed by atoms with Crippen molar-refractivity contribution in [3.05, 3.63) is 75.8 Å². The largest absolute Gasteiger partial charge is 0.342 e. The Labute approximate surface area is 178 Å². The van der Waals surface area contributed by atoms with Crippen LogP contribution in [-0.2, 0) is 6.42 Å². The molecule has 3 nitrogen and oxygen atoms in total. The van der Waals surface area contributed by atoms with Crippen LogP contribution in [0.25, 0.3) is 0 Å². The van der Waals surface area contributed by atoms with Gasteiger partial charge in [-0.1, -0.05) is 32.1 Å². The number of aliphatic imine (C=N–C) groups is 1. The second-order valence-corrected chi connectivity index (χ2v) is 8.91. The number of benzene rings is 1.